The van der Waals surface area contributed by atoms with Crippen molar-refractivity contribution in [3.63, 3.8) is 0 Å². The Kier molecular flexibility index (Phi) is 47.5. The van der Waals surface area contributed by atoms with Gasteiger partial charge < -0.3 is 55.1 Å². The molecule has 0 amide bonds. The van der Waals surface area contributed by atoms with Gasteiger partial charge in [0.15, 0.2) is 0 Å². The maximum absolute atomic E-state index is 11.3. The molecule has 0 aliphatic carbocycles. The van der Waals surface area contributed by atoms with E-state index in [2.05, 4.69) is 0 Å². The number of esters is 8. The van der Waals surface area contributed by atoms with Gasteiger partial charge in [-0.2, -0.15) is 0 Å². The summed E-state index contributed by atoms with van der Waals surface area (Å²) in [6.07, 6.45) is 0. The van der Waals surface area contributed by atoms with Crippen LogP contribution in [0.2, 0.25) is 0 Å². The highest BCUT2D eigenvalue weighted by Gasteiger charge is 2.30. The van der Waals surface area contributed by atoms with Gasteiger partial charge in [0.05, 0.1) is 28.6 Å². The summed E-state index contributed by atoms with van der Waals surface area (Å²) in [4.78, 5) is 89.1. The summed E-state index contributed by atoms with van der Waals surface area (Å²) in [7, 11) is 0. The Bertz CT molecular complexity index is 1780. The summed E-state index contributed by atoms with van der Waals surface area (Å²) in [6, 6.07) is -1.53. The van der Waals surface area contributed by atoms with E-state index in [9.17, 15) is 38.4 Å². The highest BCUT2D eigenvalue weighted by molar-refractivity contribution is 5.78. The van der Waals surface area contributed by atoms with E-state index in [0.717, 1.165) is 0 Å². The van der Waals surface area contributed by atoms with Crippen molar-refractivity contribution >= 4 is 47.8 Å². The molecule has 0 aromatic rings. The summed E-state index contributed by atoms with van der Waals surface area (Å²) >= 11 is 0. The quantitative estimate of drug-likeness (QED) is 0.143. The fourth-order valence-corrected chi connectivity index (χ4v) is 4.05. The molecular weight excluding hydrogens is 1130 g/mol. The number of carbonyl (C=O) groups excluding carboxylic acids is 8. The van der Waals surface area contributed by atoms with Crippen LogP contribution in [0, 0.1) is 46.3 Å². The van der Waals surface area contributed by atoms with E-state index in [1.165, 1.54) is 0 Å². The topological polar surface area (TPSA) is 288 Å². The van der Waals surface area contributed by atoms with Gasteiger partial charge in [0.2, 0.25) is 0 Å². The van der Waals surface area contributed by atoms with E-state index in [-0.39, 0.29) is 111 Å². The molecule has 0 saturated heterocycles. The molecule has 0 aromatic heterocycles. The monoisotopic (exact) mass is 1270 g/mol. The Labute approximate surface area is 539 Å². The first kappa shape index (κ1) is 99.8. The highest BCUT2D eigenvalue weighted by Crippen LogP contribution is 2.22. The van der Waals surface area contributed by atoms with Crippen molar-refractivity contribution in [2.75, 3.05) is 0 Å². The number of ether oxygens (including phenoxy) is 8. The van der Waals surface area contributed by atoms with E-state index >= 15 is 0 Å². The summed E-state index contributed by atoms with van der Waals surface area (Å²) in [5.74, 6) is -1.37. The molecule has 0 spiro atoms. The number of hydrogen-bond donors (Lipinski definition) is 3. The summed E-state index contributed by atoms with van der Waals surface area (Å²) in [6.45, 7) is 78.0. The molecule has 0 aromatic carbocycles. The Balaban J connectivity index is -0.000000139. The van der Waals surface area contributed by atoms with E-state index in [0.29, 0.717) is 0 Å². The molecule has 0 heterocycles. The van der Waals surface area contributed by atoms with E-state index in [4.69, 9.17) is 55.1 Å². The second-order valence-electron chi connectivity index (χ2n) is 33.5. The lowest BCUT2D eigenvalue weighted by atomic mass is 9.97. The first-order chi connectivity index (χ1) is 38.0. The maximum Gasteiger partial charge on any atom is 0.323 e. The normalized spacial score (nSPS) is 13.2. The van der Waals surface area contributed by atoms with Crippen LogP contribution in [0.3, 0.4) is 0 Å². The fraction of sp³-hybridized carbons (Fsp3) is 0.884. The van der Waals surface area contributed by atoms with Gasteiger partial charge in [-0.15, -0.1) is 0 Å². The van der Waals surface area contributed by atoms with Crippen molar-refractivity contribution < 1.29 is 76.3 Å². The van der Waals surface area contributed by atoms with Gasteiger partial charge >= 0.3 is 47.8 Å². The third kappa shape index (κ3) is 75.9. The van der Waals surface area contributed by atoms with Crippen molar-refractivity contribution in [3.8, 4) is 0 Å². The number of carbonyl (C=O) groups is 8. The zero-order valence-electron chi connectivity index (χ0n) is 64.5. The Morgan fingerprint density at radius 1 is 0.216 bits per heavy atom. The first-order valence-electron chi connectivity index (χ1n) is 31.1. The van der Waals surface area contributed by atoms with Crippen LogP contribution < -0.4 is 17.2 Å². The molecule has 1 unspecified atom stereocenters. The summed E-state index contributed by atoms with van der Waals surface area (Å²) in [5, 5.41) is 0. The van der Waals surface area contributed by atoms with Gasteiger partial charge in [0.25, 0.3) is 0 Å². The van der Waals surface area contributed by atoms with Crippen LogP contribution >= 0.6 is 0 Å². The van der Waals surface area contributed by atoms with E-state index < -0.39 is 45.8 Å². The molecule has 0 radical (unpaired) electrons. The minimum atomic E-state index is -0.510. The zero-order chi connectivity index (χ0) is 73.5. The SMILES string of the molecule is CC(C)(C)OC(=O)C(C)(C)C.CC(C)(C)OC(=O)C(C)(C)C.CC(C)C(=O)OC(C)(C)C.CC(C)C(=O)OC(C)(C)C.CC(C)C(=O)OC(C)(C)C.CC(C)C(N)C(=O)OC(C)(C)C.CC(C)[C@@H](N)C(=O)OC(C)(C)C.CC(C)[C@H](N)C(=O)OC(C)(C)C. The Morgan fingerprint density at radius 2 is 0.330 bits per heavy atom. The van der Waals surface area contributed by atoms with Crippen LogP contribution in [0.5, 0.6) is 0 Å². The van der Waals surface area contributed by atoms with E-state index in [1.807, 2.05) is 291 Å². The molecule has 0 bridgehead atoms. The fourth-order valence-electron chi connectivity index (χ4n) is 4.05. The van der Waals surface area contributed by atoms with Crippen LogP contribution in [0.1, 0.15) is 291 Å². The molecule has 19 heteroatoms. The Morgan fingerprint density at radius 3 is 0.386 bits per heavy atom. The van der Waals surface area contributed by atoms with Gasteiger partial charge in [-0.05, 0) is 225 Å². The zero-order valence-corrected chi connectivity index (χ0v) is 64.5. The average molecular weight is 1270 g/mol. The predicted molar refractivity (Wildman–Crippen MR) is 359 cm³/mol. The molecule has 0 fully saturated rings. The largest absolute Gasteiger partial charge is 0.460 e. The molecule has 0 rings (SSSR count). The van der Waals surface area contributed by atoms with Crippen molar-refractivity contribution in [1.82, 2.24) is 0 Å². The molecule has 6 N–H and O–H groups in total. The second-order valence-corrected chi connectivity index (χ2v) is 33.5. The number of nitrogens with two attached hydrogens (primary N) is 3. The van der Waals surface area contributed by atoms with Crippen molar-refractivity contribution in [3.05, 3.63) is 0 Å². The van der Waals surface area contributed by atoms with Crippen LogP contribution in [0.4, 0.5) is 0 Å². The maximum atomic E-state index is 11.3. The smallest absolute Gasteiger partial charge is 0.323 e. The predicted octanol–water partition coefficient (Wildman–Crippen LogP) is 14.6. The Hall–Kier alpha value is -4.36. The molecular formula is C69H141N3O16. The van der Waals surface area contributed by atoms with Gasteiger partial charge in [-0.3, -0.25) is 38.4 Å². The van der Waals surface area contributed by atoms with Gasteiger partial charge in [0, 0.05) is 0 Å². The highest BCUT2D eigenvalue weighted by atomic mass is 16.6. The third-order valence-corrected chi connectivity index (χ3v) is 8.85. The van der Waals surface area contributed by atoms with Gasteiger partial charge in [0.1, 0.15) is 62.9 Å². The molecule has 0 saturated carbocycles. The van der Waals surface area contributed by atoms with Gasteiger partial charge in [-0.25, -0.2) is 0 Å². The lowest BCUT2D eigenvalue weighted by Gasteiger charge is -2.25. The number of rotatable bonds is 9. The van der Waals surface area contributed by atoms with Crippen molar-refractivity contribution in [1.29, 1.82) is 0 Å². The molecule has 88 heavy (non-hydrogen) atoms. The third-order valence-electron chi connectivity index (χ3n) is 8.85. The van der Waals surface area contributed by atoms with Crippen molar-refractivity contribution in [2.24, 2.45) is 63.5 Å². The first-order valence-corrected chi connectivity index (χ1v) is 31.1. The van der Waals surface area contributed by atoms with Gasteiger partial charge in [-0.1, -0.05) is 83.1 Å². The summed E-state index contributed by atoms with van der Waals surface area (Å²) < 4.78 is 40.8. The van der Waals surface area contributed by atoms with Crippen LogP contribution in [-0.4, -0.2) is 111 Å². The minimum absolute atomic E-state index is 0.0285. The molecule has 19 nitrogen and oxygen atoms in total. The minimum Gasteiger partial charge on any atom is -0.460 e. The molecule has 528 valence electrons. The van der Waals surface area contributed by atoms with Crippen LogP contribution in [0.15, 0.2) is 0 Å². The average Bonchev–Trinajstić information content (AvgIpc) is 3.21. The number of hydrogen-bond acceptors (Lipinski definition) is 19. The lowest BCUT2D eigenvalue weighted by molar-refractivity contribution is -0.165. The lowest BCUT2D eigenvalue weighted by Crippen LogP contribution is -2.40. The van der Waals surface area contributed by atoms with Crippen LogP contribution in [-0.2, 0) is 76.3 Å². The van der Waals surface area contributed by atoms with Crippen LogP contribution in [0.25, 0.3) is 0 Å². The summed E-state index contributed by atoms with van der Waals surface area (Å²) in [5.41, 5.74) is 12.9. The second kappa shape index (κ2) is 41.9. The van der Waals surface area contributed by atoms with Crippen molar-refractivity contribution in [2.45, 2.75) is 354 Å². The molecule has 0 aliphatic rings. The molecule has 0 aliphatic heterocycles. The standard InChI is InChI=1S/3C9H19NO2.2C9H18O2.3C8H16O2/c3*1-6(2)7(10)8(11)12-9(3,4)5;2*1-8(2,3)7(10)11-9(4,5)6;3*1-6(2)7(9)10-8(3,4)5/h3*6-7H,10H2,1-5H3;2*1-6H3;3*6H,1-5H3/t2*7-;;;;;;/m10....../s1. The molecule has 3 atom stereocenters. The van der Waals surface area contributed by atoms with E-state index in [1.54, 1.807) is 0 Å².